The number of amides is 1. The third-order valence-corrected chi connectivity index (χ3v) is 4.51. The summed E-state index contributed by atoms with van der Waals surface area (Å²) >= 11 is 0. The van der Waals surface area contributed by atoms with Crippen LogP contribution in [0.25, 0.3) is 5.69 Å². The molecular formula is C19H18N4O3. The number of carbonyl (C=O) groups is 1. The van der Waals surface area contributed by atoms with Gasteiger partial charge >= 0.3 is 0 Å². The summed E-state index contributed by atoms with van der Waals surface area (Å²) < 4.78 is 12.6. The normalized spacial score (nSPS) is 15.9. The van der Waals surface area contributed by atoms with E-state index in [2.05, 4.69) is 15.3 Å². The molecule has 1 aliphatic rings. The number of fused-ring (bicyclic) bond motifs is 1. The lowest BCUT2D eigenvalue weighted by Gasteiger charge is -2.24. The van der Waals surface area contributed by atoms with E-state index in [9.17, 15) is 4.79 Å². The third kappa shape index (κ3) is 2.67. The van der Waals surface area contributed by atoms with Gasteiger partial charge in [0.05, 0.1) is 31.8 Å². The Morgan fingerprint density at radius 2 is 2.12 bits per heavy atom. The Labute approximate surface area is 150 Å². The van der Waals surface area contributed by atoms with Crippen LogP contribution in [0.2, 0.25) is 0 Å². The number of aromatic nitrogens is 3. The minimum Gasteiger partial charge on any atom is -0.497 e. The van der Waals surface area contributed by atoms with Gasteiger partial charge < -0.3 is 14.8 Å². The molecule has 0 saturated heterocycles. The molecule has 3 aromatic rings. The van der Waals surface area contributed by atoms with Gasteiger partial charge in [0.15, 0.2) is 0 Å². The number of nitrogens with zero attached hydrogens (tertiary/aromatic N) is 3. The van der Waals surface area contributed by atoms with E-state index in [0.29, 0.717) is 23.7 Å². The van der Waals surface area contributed by atoms with Gasteiger partial charge in [-0.2, -0.15) is 0 Å². The number of benzene rings is 1. The Bertz CT molecular complexity index is 953. The van der Waals surface area contributed by atoms with Crippen LogP contribution in [0.15, 0.2) is 49.1 Å². The summed E-state index contributed by atoms with van der Waals surface area (Å²) in [5.41, 5.74) is 2.54. The summed E-state index contributed by atoms with van der Waals surface area (Å²) in [5, 5.41) is 2.93. The maximum Gasteiger partial charge on any atom is 0.226 e. The van der Waals surface area contributed by atoms with Crippen molar-refractivity contribution in [1.29, 1.82) is 0 Å². The Kier molecular flexibility index (Phi) is 4.04. The predicted octanol–water partition coefficient (Wildman–Crippen LogP) is 2.76. The van der Waals surface area contributed by atoms with Crippen molar-refractivity contribution in [1.82, 2.24) is 14.5 Å². The third-order valence-electron chi connectivity index (χ3n) is 4.51. The van der Waals surface area contributed by atoms with Crippen molar-refractivity contribution in [2.24, 2.45) is 0 Å². The number of hydrogen-bond acceptors (Lipinski definition) is 5. The van der Waals surface area contributed by atoms with E-state index < -0.39 is 0 Å². The highest BCUT2D eigenvalue weighted by Crippen LogP contribution is 2.41. The van der Waals surface area contributed by atoms with E-state index in [0.717, 1.165) is 16.9 Å². The SMILES string of the molecule is COc1ccc(C2CC(=O)Nc3c2ncn3-c2cccnc2)c(OC)c1. The number of hydrogen-bond donors (Lipinski definition) is 1. The average molecular weight is 350 g/mol. The molecule has 1 N–H and O–H groups in total. The first kappa shape index (κ1) is 16.1. The van der Waals surface area contributed by atoms with Gasteiger partial charge in [0.1, 0.15) is 23.6 Å². The van der Waals surface area contributed by atoms with Crippen molar-refractivity contribution < 1.29 is 14.3 Å². The van der Waals surface area contributed by atoms with Crippen LogP contribution in [-0.2, 0) is 4.79 Å². The molecule has 4 rings (SSSR count). The van der Waals surface area contributed by atoms with Crippen LogP contribution in [0.5, 0.6) is 11.5 Å². The second-order valence-corrected chi connectivity index (χ2v) is 5.97. The van der Waals surface area contributed by atoms with Gasteiger partial charge in [-0.1, -0.05) is 6.07 Å². The highest BCUT2D eigenvalue weighted by atomic mass is 16.5. The van der Waals surface area contributed by atoms with Crippen molar-refractivity contribution in [3.05, 3.63) is 60.3 Å². The number of carbonyl (C=O) groups excluding carboxylic acids is 1. The molecule has 1 unspecified atom stereocenters. The lowest BCUT2D eigenvalue weighted by atomic mass is 9.89. The molecule has 3 heterocycles. The molecule has 26 heavy (non-hydrogen) atoms. The second kappa shape index (κ2) is 6.51. The zero-order valence-corrected chi connectivity index (χ0v) is 14.5. The summed E-state index contributed by atoms with van der Waals surface area (Å²) in [7, 11) is 3.21. The van der Waals surface area contributed by atoms with E-state index in [1.807, 2.05) is 34.9 Å². The molecule has 7 nitrogen and oxygen atoms in total. The molecule has 0 aliphatic carbocycles. The molecular weight excluding hydrogens is 332 g/mol. The summed E-state index contributed by atoms with van der Waals surface area (Å²) in [4.78, 5) is 21.1. The standard InChI is InChI=1S/C19H18N4O3/c1-25-13-5-6-14(16(8-13)26-2)15-9-17(24)22-19-18(15)21-11-23(19)12-4-3-7-20-10-12/h3-8,10-11,15H,9H2,1-2H3,(H,22,24). The highest BCUT2D eigenvalue weighted by molar-refractivity contribution is 5.94. The van der Waals surface area contributed by atoms with E-state index in [4.69, 9.17) is 9.47 Å². The topological polar surface area (TPSA) is 78.3 Å². The van der Waals surface area contributed by atoms with E-state index in [-0.39, 0.29) is 11.8 Å². The zero-order valence-electron chi connectivity index (χ0n) is 14.5. The highest BCUT2D eigenvalue weighted by Gasteiger charge is 2.32. The van der Waals surface area contributed by atoms with Crippen LogP contribution in [0, 0.1) is 0 Å². The lowest BCUT2D eigenvalue weighted by molar-refractivity contribution is -0.116. The molecule has 0 bridgehead atoms. The monoisotopic (exact) mass is 350 g/mol. The van der Waals surface area contributed by atoms with E-state index in [1.54, 1.807) is 32.9 Å². The van der Waals surface area contributed by atoms with Crippen LogP contribution in [0.4, 0.5) is 5.82 Å². The molecule has 0 radical (unpaired) electrons. The summed E-state index contributed by atoms with van der Waals surface area (Å²) in [6.07, 6.45) is 5.44. The summed E-state index contributed by atoms with van der Waals surface area (Å²) in [6.45, 7) is 0. The van der Waals surface area contributed by atoms with Crippen molar-refractivity contribution >= 4 is 11.7 Å². The fourth-order valence-corrected chi connectivity index (χ4v) is 3.26. The quantitative estimate of drug-likeness (QED) is 0.783. The van der Waals surface area contributed by atoms with Crippen LogP contribution < -0.4 is 14.8 Å². The predicted molar refractivity (Wildman–Crippen MR) is 96.0 cm³/mol. The Hall–Kier alpha value is -3.35. The largest absolute Gasteiger partial charge is 0.497 e. The van der Waals surface area contributed by atoms with Crippen molar-refractivity contribution in [2.75, 3.05) is 19.5 Å². The van der Waals surface area contributed by atoms with E-state index in [1.165, 1.54) is 0 Å². The number of methoxy groups -OCH3 is 2. The second-order valence-electron chi connectivity index (χ2n) is 5.97. The maximum absolute atomic E-state index is 12.4. The number of rotatable bonds is 4. The van der Waals surface area contributed by atoms with Gasteiger partial charge in [0.25, 0.3) is 0 Å². The molecule has 1 aliphatic heterocycles. The Morgan fingerprint density at radius 3 is 2.85 bits per heavy atom. The number of ether oxygens (including phenoxy) is 2. The van der Waals surface area contributed by atoms with Gasteiger partial charge in [0.2, 0.25) is 5.91 Å². The Morgan fingerprint density at radius 1 is 1.23 bits per heavy atom. The van der Waals surface area contributed by atoms with Crippen molar-refractivity contribution in [3.8, 4) is 17.2 Å². The molecule has 7 heteroatoms. The molecule has 0 spiro atoms. The van der Waals surface area contributed by atoms with Crippen molar-refractivity contribution in [3.63, 3.8) is 0 Å². The molecule has 1 aromatic carbocycles. The van der Waals surface area contributed by atoms with Crippen LogP contribution >= 0.6 is 0 Å². The molecule has 1 amide bonds. The minimum absolute atomic E-state index is 0.0639. The first-order valence-corrected chi connectivity index (χ1v) is 8.20. The fraction of sp³-hybridized carbons (Fsp3) is 0.211. The van der Waals surface area contributed by atoms with Crippen LogP contribution in [0.3, 0.4) is 0 Å². The van der Waals surface area contributed by atoms with Crippen LogP contribution in [0.1, 0.15) is 23.6 Å². The van der Waals surface area contributed by atoms with Gasteiger partial charge in [-0.3, -0.25) is 14.3 Å². The molecule has 0 saturated carbocycles. The number of pyridine rings is 1. The zero-order chi connectivity index (χ0) is 18.1. The van der Waals surface area contributed by atoms with E-state index >= 15 is 0 Å². The van der Waals surface area contributed by atoms with Crippen molar-refractivity contribution in [2.45, 2.75) is 12.3 Å². The summed E-state index contributed by atoms with van der Waals surface area (Å²) in [5.74, 6) is 1.78. The number of imidazole rings is 1. The average Bonchev–Trinajstić information content (AvgIpc) is 3.11. The summed E-state index contributed by atoms with van der Waals surface area (Å²) in [6, 6.07) is 9.37. The van der Waals surface area contributed by atoms with Crippen LogP contribution in [-0.4, -0.2) is 34.7 Å². The molecule has 2 aromatic heterocycles. The molecule has 1 atom stereocenters. The van der Waals surface area contributed by atoms with Gasteiger partial charge in [-0.05, 0) is 18.2 Å². The first-order chi connectivity index (χ1) is 12.7. The number of anilines is 1. The van der Waals surface area contributed by atoms with Gasteiger partial charge in [-0.15, -0.1) is 0 Å². The fourth-order valence-electron chi connectivity index (χ4n) is 3.26. The maximum atomic E-state index is 12.4. The van der Waals surface area contributed by atoms with Gasteiger partial charge in [-0.25, -0.2) is 4.98 Å². The first-order valence-electron chi connectivity index (χ1n) is 8.20. The van der Waals surface area contributed by atoms with Gasteiger partial charge in [0, 0.05) is 30.2 Å². The Balaban J connectivity index is 1.82. The smallest absolute Gasteiger partial charge is 0.226 e. The lowest BCUT2D eigenvalue weighted by Crippen LogP contribution is -2.25. The minimum atomic E-state index is -0.197. The molecule has 132 valence electrons. The number of nitrogens with one attached hydrogen (secondary N) is 1. The molecule has 0 fully saturated rings.